The van der Waals surface area contributed by atoms with Gasteiger partial charge in [0.25, 0.3) is 5.82 Å². The number of carbonyl (C=O) groups excluding carboxylic acids is 1. The normalized spacial score (nSPS) is 10.9. The Morgan fingerprint density at radius 3 is 2.41 bits per heavy atom. The molecule has 140 valence electrons. The number of carboxylic acid groups (broad SMARTS) is 1. The summed E-state index contributed by atoms with van der Waals surface area (Å²) in [6.07, 6.45) is 8.88. The quantitative estimate of drug-likeness (QED) is 0.434. The third-order valence-electron chi connectivity index (χ3n) is 4.83. The Morgan fingerprint density at radius 1 is 1.00 bits per heavy atom. The lowest BCUT2D eigenvalue weighted by atomic mass is 10.1. The van der Waals surface area contributed by atoms with E-state index in [2.05, 4.69) is 52.7 Å². The van der Waals surface area contributed by atoms with Crippen molar-refractivity contribution in [3.8, 4) is 0 Å². The molecule has 4 nitrogen and oxygen atoms in total. The van der Waals surface area contributed by atoms with E-state index in [9.17, 15) is 9.90 Å². The van der Waals surface area contributed by atoms with Crippen molar-refractivity contribution in [3.63, 3.8) is 0 Å². The zero-order valence-electron chi connectivity index (χ0n) is 15.8. The van der Waals surface area contributed by atoms with Crippen molar-refractivity contribution < 1.29 is 14.5 Å². The van der Waals surface area contributed by atoms with Gasteiger partial charge in [-0.15, -0.1) is 0 Å². The fourth-order valence-electron chi connectivity index (χ4n) is 3.33. The van der Waals surface area contributed by atoms with E-state index in [4.69, 9.17) is 0 Å². The van der Waals surface area contributed by atoms with Gasteiger partial charge in [-0.3, -0.25) is 0 Å². The number of hydrogen-bond donors (Lipinski definition) is 0. The van der Waals surface area contributed by atoms with Crippen LogP contribution >= 0.6 is 0 Å². The molecule has 0 saturated carbocycles. The first kappa shape index (κ1) is 18.9. The first-order valence-corrected chi connectivity index (χ1v) is 9.59. The van der Waals surface area contributed by atoms with Crippen LogP contribution in [0.3, 0.4) is 0 Å². The van der Waals surface area contributed by atoms with Gasteiger partial charge < -0.3 is 9.90 Å². The summed E-state index contributed by atoms with van der Waals surface area (Å²) in [4.78, 5) is 10.9. The fourth-order valence-corrected chi connectivity index (χ4v) is 3.33. The molecule has 27 heavy (non-hydrogen) atoms. The molecule has 0 bridgehead atoms. The van der Waals surface area contributed by atoms with Crippen molar-refractivity contribution in [2.24, 2.45) is 0 Å². The van der Waals surface area contributed by atoms with E-state index in [0.29, 0.717) is 0 Å². The van der Waals surface area contributed by atoms with E-state index >= 15 is 0 Å². The van der Waals surface area contributed by atoms with E-state index < -0.39 is 5.97 Å². The molecule has 0 radical (unpaired) electrons. The second-order valence-electron chi connectivity index (χ2n) is 6.90. The Hall–Kier alpha value is -2.88. The number of carboxylic acids is 1. The van der Waals surface area contributed by atoms with Gasteiger partial charge in [0, 0.05) is 6.42 Å². The maximum absolute atomic E-state index is 10.9. The molecule has 0 aliphatic carbocycles. The lowest BCUT2D eigenvalue weighted by Gasteiger charge is -2.07. The highest BCUT2D eigenvalue weighted by atomic mass is 16.4. The molecule has 0 saturated heterocycles. The third kappa shape index (κ3) is 5.07. The van der Waals surface area contributed by atoms with Crippen LogP contribution in [0.25, 0.3) is 0 Å². The summed E-state index contributed by atoms with van der Waals surface area (Å²) in [5.74, 6) is 0.166. The molecule has 4 heteroatoms. The zero-order valence-corrected chi connectivity index (χ0v) is 15.8. The van der Waals surface area contributed by atoms with Crippen LogP contribution in [0.5, 0.6) is 0 Å². The Kier molecular flexibility index (Phi) is 6.42. The van der Waals surface area contributed by atoms with Crippen molar-refractivity contribution in [3.05, 3.63) is 89.5 Å². The lowest BCUT2D eigenvalue weighted by molar-refractivity contribution is -0.695. The molecule has 0 aliphatic rings. The average Bonchev–Trinajstić information content (AvgIpc) is 3.04. The minimum absolute atomic E-state index is 0.216. The second-order valence-corrected chi connectivity index (χ2v) is 6.90. The van der Waals surface area contributed by atoms with Crippen molar-refractivity contribution in [2.45, 2.75) is 45.7 Å². The number of aromatic nitrogens is 2. The Balaban J connectivity index is 1.81. The zero-order chi connectivity index (χ0) is 19.1. The van der Waals surface area contributed by atoms with Gasteiger partial charge >= 0.3 is 0 Å². The largest absolute Gasteiger partial charge is 0.545 e. The summed E-state index contributed by atoms with van der Waals surface area (Å²) >= 11 is 0. The summed E-state index contributed by atoms with van der Waals surface area (Å²) in [7, 11) is 0. The number of aromatic carboxylic acids is 1. The highest BCUT2D eigenvalue weighted by Gasteiger charge is 2.17. The van der Waals surface area contributed by atoms with Gasteiger partial charge in [0.2, 0.25) is 0 Å². The SMILES string of the molecule is CCCCCc1n(Cc2ccc(C(=O)[O-])cc2)cc[n+]1Cc1ccccc1. The van der Waals surface area contributed by atoms with Crippen LogP contribution in [-0.2, 0) is 19.5 Å². The Bertz CT molecular complexity index is 867. The highest BCUT2D eigenvalue weighted by Crippen LogP contribution is 2.11. The van der Waals surface area contributed by atoms with Crippen LogP contribution in [0, 0.1) is 0 Å². The van der Waals surface area contributed by atoms with Gasteiger partial charge in [0.05, 0.1) is 5.97 Å². The lowest BCUT2D eigenvalue weighted by Crippen LogP contribution is -2.38. The van der Waals surface area contributed by atoms with Crippen LogP contribution in [0.1, 0.15) is 53.5 Å². The van der Waals surface area contributed by atoms with E-state index in [1.807, 2.05) is 18.2 Å². The van der Waals surface area contributed by atoms with Crippen LogP contribution in [0.4, 0.5) is 0 Å². The molecule has 0 N–H and O–H groups in total. The number of imidazole rings is 1. The molecule has 0 amide bonds. The smallest absolute Gasteiger partial charge is 0.256 e. The summed E-state index contributed by atoms with van der Waals surface area (Å²) in [5.41, 5.74) is 2.59. The maximum Gasteiger partial charge on any atom is 0.256 e. The van der Waals surface area contributed by atoms with Gasteiger partial charge in [0.1, 0.15) is 25.5 Å². The first-order valence-electron chi connectivity index (χ1n) is 9.59. The molecule has 1 heterocycles. The number of rotatable bonds is 9. The second kappa shape index (κ2) is 9.17. The van der Waals surface area contributed by atoms with Crippen molar-refractivity contribution in [2.75, 3.05) is 0 Å². The predicted octanol–water partition coefficient (Wildman–Crippen LogP) is 2.97. The third-order valence-corrected chi connectivity index (χ3v) is 4.83. The van der Waals surface area contributed by atoms with Crippen molar-refractivity contribution in [1.82, 2.24) is 4.57 Å². The van der Waals surface area contributed by atoms with E-state index in [0.717, 1.165) is 25.1 Å². The molecule has 0 aliphatic heterocycles. The Labute approximate surface area is 160 Å². The molecular formula is C23H26N2O2. The molecular weight excluding hydrogens is 336 g/mol. The fraction of sp³-hybridized carbons (Fsp3) is 0.304. The van der Waals surface area contributed by atoms with Crippen LogP contribution in [0.2, 0.25) is 0 Å². The monoisotopic (exact) mass is 362 g/mol. The summed E-state index contributed by atoms with van der Waals surface area (Å²) in [6.45, 7) is 3.81. The minimum atomic E-state index is -1.14. The van der Waals surface area contributed by atoms with E-state index in [-0.39, 0.29) is 5.56 Å². The molecule has 1 aromatic heterocycles. The highest BCUT2D eigenvalue weighted by molar-refractivity contribution is 5.85. The van der Waals surface area contributed by atoms with E-state index in [1.165, 1.54) is 30.7 Å². The van der Waals surface area contributed by atoms with Gasteiger partial charge in [-0.1, -0.05) is 74.4 Å². The van der Waals surface area contributed by atoms with Gasteiger partial charge in [-0.05, 0) is 23.1 Å². The minimum Gasteiger partial charge on any atom is -0.545 e. The standard InChI is InChI=1S/C23H26N2O2/c1-2-3-5-10-22-24(17-19-8-6-4-7-9-19)15-16-25(22)18-20-11-13-21(14-12-20)23(26)27/h4,6-9,11-16H,2-3,5,10,17-18H2,1H3. The van der Waals surface area contributed by atoms with Crippen molar-refractivity contribution in [1.29, 1.82) is 0 Å². The molecule has 0 atom stereocenters. The summed E-state index contributed by atoms with van der Waals surface area (Å²) in [6, 6.07) is 17.4. The van der Waals surface area contributed by atoms with Crippen LogP contribution in [0.15, 0.2) is 67.0 Å². The average molecular weight is 362 g/mol. The molecule has 3 aromatic rings. The molecule has 0 unspecified atom stereocenters. The summed E-state index contributed by atoms with van der Waals surface area (Å²) < 4.78 is 4.59. The molecule has 0 spiro atoms. The van der Waals surface area contributed by atoms with Gasteiger partial charge in [0.15, 0.2) is 0 Å². The summed E-state index contributed by atoms with van der Waals surface area (Å²) in [5, 5.41) is 10.9. The predicted molar refractivity (Wildman–Crippen MR) is 103 cm³/mol. The van der Waals surface area contributed by atoms with Crippen LogP contribution in [-0.4, -0.2) is 10.5 Å². The number of carbonyl (C=O) groups is 1. The van der Waals surface area contributed by atoms with Crippen LogP contribution < -0.4 is 9.67 Å². The van der Waals surface area contributed by atoms with E-state index in [1.54, 1.807) is 12.1 Å². The van der Waals surface area contributed by atoms with Gasteiger partial charge in [-0.25, -0.2) is 9.13 Å². The topological polar surface area (TPSA) is 48.9 Å². The Morgan fingerprint density at radius 2 is 1.74 bits per heavy atom. The van der Waals surface area contributed by atoms with Gasteiger partial charge in [-0.2, -0.15) is 0 Å². The number of unbranched alkanes of at least 4 members (excludes halogenated alkanes) is 2. The van der Waals surface area contributed by atoms with Crippen molar-refractivity contribution >= 4 is 5.97 Å². The molecule has 3 rings (SSSR count). The molecule has 0 fully saturated rings. The number of benzene rings is 2. The number of nitrogens with zero attached hydrogens (tertiary/aromatic N) is 2. The molecule has 2 aromatic carbocycles. The maximum atomic E-state index is 10.9. The number of hydrogen-bond acceptors (Lipinski definition) is 2. The first-order chi connectivity index (χ1) is 13.2.